The smallest absolute Gasteiger partial charge is 0.245 e. The molecule has 0 aromatic heterocycles. The largest absolute Gasteiger partial charge is 0.345 e. The van der Waals surface area contributed by atoms with Gasteiger partial charge in [-0.15, -0.1) is 0 Å². The molecule has 51 heavy (non-hydrogen) atoms. The summed E-state index contributed by atoms with van der Waals surface area (Å²) in [7, 11) is 0. The van der Waals surface area contributed by atoms with Crippen LogP contribution in [0, 0.1) is 23.7 Å². The summed E-state index contributed by atoms with van der Waals surface area (Å²) in [4.78, 5) is 84.8. The quantitative estimate of drug-likeness (QED) is 0.206. The van der Waals surface area contributed by atoms with E-state index in [0.29, 0.717) is 51.7 Å². The predicted molar refractivity (Wildman–Crippen MR) is 198 cm³/mol. The van der Waals surface area contributed by atoms with Gasteiger partial charge in [0.25, 0.3) is 0 Å². The topological polar surface area (TPSA) is 145 Å². The van der Waals surface area contributed by atoms with Crippen molar-refractivity contribution in [2.45, 2.75) is 137 Å². The van der Waals surface area contributed by atoms with E-state index in [4.69, 9.17) is 0 Å². The Hall–Kier alpha value is -3.76. The number of amides is 5. The molecule has 0 aliphatic carbocycles. The van der Waals surface area contributed by atoms with Gasteiger partial charge < -0.3 is 25.8 Å². The van der Waals surface area contributed by atoms with Crippen molar-refractivity contribution in [3.63, 3.8) is 0 Å². The molecule has 0 spiro atoms. The Morgan fingerprint density at radius 1 is 0.765 bits per heavy atom. The molecule has 0 bridgehead atoms. The van der Waals surface area contributed by atoms with E-state index in [-0.39, 0.29) is 60.0 Å². The van der Waals surface area contributed by atoms with Gasteiger partial charge in [-0.3, -0.25) is 28.8 Å². The average molecular weight is 710 g/mol. The summed E-state index contributed by atoms with van der Waals surface area (Å²) in [6.07, 6.45) is 5.80. The molecular formula is C40H63N5O6. The van der Waals surface area contributed by atoms with Gasteiger partial charge in [0, 0.05) is 38.9 Å². The van der Waals surface area contributed by atoms with Gasteiger partial charge in [-0.2, -0.15) is 0 Å². The minimum absolute atomic E-state index is 0.0639. The first-order valence-corrected chi connectivity index (χ1v) is 19.2. The van der Waals surface area contributed by atoms with E-state index in [1.165, 1.54) is 11.8 Å². The Bertz CT molecular complexity index is 1330. The van der Waals surface area contributed by atoms with E-state index in [0.717, 1.165) is 24.8 Å². The zero-order valence-electron chi connectivity index (χ0n) is 32.0. The van der Waals surface area contributed by atoms with E-state index in [9.17, 15) is 28.8 Å². The first-order valence-electron chi connectivity index (χ1n) is 19.2. The third-order valence-electron chi connectivity index (χ3n) is 10.2. The van der Waals surface area contributed by atoms with Crippen molar-refractivity contribution in [2.24, 2.45) is 23.7 Å². The van der Waals surface area contributed by atoms with Crippen molar-refractivity contribution in [1.29, 1.82) is 0 Å². The molecule has 3 N–H and O–H groups in total. The summed E-state index contributed by atoms with van der Waals surface area (Å²) in [6, 6.07) is 6.28. The molecule has 2 saturated heterocycles. The Balaban J connectivity index is 1.83. The molecular weight excluding hydrogens is 646 g/mol. The lowest BCUT2D eigenvalue weighted by Crippen LogP contribution is -2.56. The summed E-state index contributed by atoms with van der Waals surface area (Å²) >= 11 is 0. The normalized spacial score (nSPS) is 19.2. The van der Waals surface area contributed by atoms with Crippen LogP contribution in [0.1, 0.15) is 112 Å². The van der Waals surface area contributed by atoms with Crippen LogP contribution < -0.4 is 16.0 Å². The zero-order chi connectivity index (χ0) is 37.7. The van der Waals surface area contributed by atoms with Crippen LogP contribution in [0.5, 0.6) is 0 Å². The van der Waals surface area contributed by atoms with Crippen LogP contribution in [0.15, 0.2) is 30.3 Å². The highest BCUT2D eigenvalue weighted by atomic mass is 16.2. The molecule has 1 aromatic carbocycles. The van der Waals surface area contributed by atoms with E-state index >= 15 is 0 Å². The number of hydrogen-bond donors (Lipinski definition) is 3. The van der Waals surface area contributed by atoms with Crippen molar-refractivity contribution < 1.29 is 28.8 Å². The molecule has 0 radical (unpaired) electrons. The number of carbonyl (C=O) groups excluding carboxylic acids is 6. The summed E-state index contributed by atoms with van der Waals surface area (Å²) in [5.41, 5.74) is 0.854. The highest BCUT2D eigenvalue weighted by Gasteiger charge is 2.40. The highest BCUT2D eigenvalue weighted by Crippen LogP contribution is 2.24. The van der Waals surface area contributed by atoms with Crippen molar-refractivity contribution in [3.05, 3.63) is 35.9 Å². The van der Waals surface area contributed by atoms with E-state index in [2.05, 4.69) is 16.0 Å². The number of nitrogens with one attached hydrogen (secondary N) is 3. The lowest BCUT2D eigenvalue weighted by atomic mass is 9.87. The number of carbonyl (C=O) groups is 6. The molecule has 2 heterocycles. The first kappa shape index (κ1) is 41.7. The molecule has 6 atom stereocenters. The predicted octanol–water partition coefficient (Wildman–Crippen LogP) is 4.42. The Labute approximate surface area is 305 Å². The van der Waals surface area contributed by atoms with E-state index in [1.54, 1.807) is 0 Å². The van der Waals surface area contributed by atoms with Gasteiger partial charge in [0.05, 0.1) is 6.04 Å². The van der Waals surface area contributed by atoms with Gasteiger partial charge >= 0.3 is 0 Å². The maximum atomic E-state index is 14.2. The zero-order valence-corrected chi connectivity index (χ0v) is 32.0. The third kappa shape index (κ3) is 12.8. The van der Waals surface area contributed by atoms with Crippen molar-refractivity contribution in [2.75, 3.05) is 19.6 Å². The lowest BCUT2D eigenvalue weighted by Gasteiger charge is -2.34. The van der Waals surface area contributed by atoms with Gasteiger partial charge in [0.2, 0.25) is 29.5 Å². The van der Waals surface area contributed by atoms with E-state index < -0.39 is 36.0 Å². The molecule has 1 unspecified atom stereocenters. The molecule has 1 aromatic rings. The SMILES string of the molecule is CC[C@H](C)[C@H](NC(=O)[C@@H](CC(=O)[C@H](Cc1ccccc1)NC(=O)[C@@H]1CCCN1C(=O)C(CC(C)C)NC(C)=O)CC(C)C)C(=O)N1CCCCC1. The summed E-state index contributed by atoms with van der Waals surface area (Å²) < 4.78 is 0. The lowest BCUT2D eigenvalue weighted by molar-refractivity contribution is -0.142. The molecule has 3 rings (SSSR count). The van der Waals surface area contributed by atoms with Gasteiger partial charge in [-0.1, -0.05) is 78.3 Å². The molecule has 2 aliphatic rings. The summed E-state index contributed by atoms with van der Waals surface area (Å²) in [5, 5.41) is 8.80. The fraction of sp³-hybridized carbons (Fsp3) is 0.700. The average Bonchev–Trinajstić information content (AvgIpc) is 3.59. The minimum atomic E-state index is -0.929. The fourth-order valence-corrected chi connectivity index (χ4v) is 7.31. The Morgan fingerprint density at radius 2 is 1.41 bits per heavy atom. The Kier molecular flexibility index (Phi) is 16.6. The highest BCUT2D eigenvalue weighted by molar-refractivity contribution is 5.97. The number of piperidine rings is 1. The van der Waals surface area contributed by atoms with Crippen LogP contribution in [-0.4, -0.2) is 88.9 Å². The Morgan fingerprint density at radius 3 is 2.00 bits per heavy atom. The molecule has 2 fully saturated rings. The number of nitrogens with zero attached hydrogens (tertiary/aromatic N) is 2. The van der Waals surface area contributed by atoms with Gasteiger partial charge in [-0.05, 0) is 74.7 Å². The third-order valence-corrected chi connectivity index (χ3v) is 10.2. The molecule has 2 aliphatic heterocycles. The number of ketones is 1. The maximum absolute atomic E-state index is 14.2. The van der Waals surface area contributed by atoms with E-state index in [1.807, 2.05) is 76.8 Å². The first-order chi connectivity index (χ1) is 24.2. The number of benzene rings is 1. The van der Waals surface area contributed by atoms with Crippen LogP contribution >= 0.6 is 0 Å². The fourth-order valence-electron chi connectivity index (χ4n) is 7.31. The monoisotopic (exact) mass is 709 g/mol. The number of Topliss-reactive ketones (excluding diaryl/α,β-unsaturated/α-hetero) is 1. The number of likely N-dealkylation sites (tertiary alicyclic amines) is 2. The second-order valence-corrected chi connectivity index (χ2v) is 15.6. The van der Waals surface area contributed by atoms with Crippen LogP contribution in [0.2, 0.25) is 0 Å². The van der Waals surface area contributed by atoms with Gasteiger partial charge in [0.15, 0.2) is 5.78 Å². The van der Waals surface area contributed by atoms with Crippen LogP contribution in [0.25, 0.3) is 0 Å². The molecule has 5 amide bonds. The standard InChI is InChI=1S/C40H63N5O6/c1-8-28(6)36(40(51)44-19-13-10-14-20-44)43-37(48)31(22-26(2)3)25-35(47)32(24-30-16-11-9-12-17-30)42-38(49)34-18-15-21-45(34)39(50)33(23-27(4)5)41-29(7)46/h9,11-12,16-17,26-28,31-34,36H,8,10,13-15,18-25H2,1-7H3,(H,41,46)(H,42,49)(H,43,48)/t28-,31+,32-,33?,34-,36-/m0/s1. The van der Waals surface area contributed by atoms with Crippen LogP contribution in [-0.2, 0) is 35.2 Å². The molecule has 284 valence electrons. The second kappa shape index (κ2) is 20.3. The molecule has 11 nitrogen and oxygen atoms in total. The van der Waals surface area contributed by atoms with Gasteiger partial charge in [-0.25, -0.2) is 0 Å². The summed E-state index contributed by atoms with van der Waals surface area (Å²) in [5.74, 6) is -2.20. The minimum Gasteiger partial charge on any atom is -0.345 e. The molecule has 11 heteroatoms. The van der Waals surface area contributed by atoms with Crippen molar-refractivity contribution >= 4 is 35.3 Å². The summed E-state index contributed by atoms with van der Waals surface area (Å²) in [6.45, 7) is 15.0. The molecule has 0 saturated carbocycles. The maximum Gasteiger partial charge on any atom is 0.245 e. The van der Waals surface area contributed by atoms with Gasteiger partial charge in [0.1, 0.15) is 18.1 Å². The number of rotatable bonds is 18. The van der Waals surface area contributed by atoms with Crippen molar-refractivity contribution in [1.82, 2.24) is 25.8 Å². The van der Waals surface area contributed by atoms with Crippen molar-refractivity contribution in [3.8, 4) is 0 Å². The van der Waals surface area contributed by atoms with Crippen LogP contribution in [0.3, 0.4) is 0 Å². The van der Waals surface area contributed by atoms with Crippen LogP contribution in [0.4, 0.5) is 0 Å². The second-order valence-electron chi connectivity index (χ2n) is 15.6. The number of hydrogen-bond acceptors (Lipinski definition) is 6.